The number of morpholine rings is 1. The zero-order chi connectivity index (χ0) is 19.3. The average Bonchev–Trinajstić information content (AvgIpc) is 2.68. The Morgan fingerprint density at radius 1 is 1.04 bits per heavy atom. The molecule has 0 bridgehead atoms. The summed E-state index contributed by atoms with van der Waals surface area (Å²) in [7, 11) is -0.304. The van der Waals surface area contributed by atoms with Crippen LogP contribution in [0.2, 0.25) is 0 Å². The van der Waals surface area contributed by atoms with Crippen LogP contribution in [0.4, 0.5) is 0 Å². The maximum absolute atomic E-state index is 12.9. The lowest BCUT2D eigenvalue weighted by Crippen LogP contribution is -2.42. The van der Waals surface area contributed by atoms with Crippen LogP contribution >= 0.6 is 0 Å². The van der Waals surface area contributed by atoms with Crippen molar-refractivity contribution in [1.29, 1.82) is 0 Å². The van der Waals surface area contributed by atoms with Gasteiger partial charge in [0.15, 0.2) is 0 Å². The maximum atomic E-state index is 12.9. The molecule has 0 spiro atoms. The molecular formula is C20H29N3O3S. The van der Waals surface area contributed by atoms with Gasteiger partial charge in [-0.2, -0.15) is 17.0 Å². The number of benzene rings is 2. The Morgan fingerprint density at radius 2 is 1.74 bits per heavy atom. The quantitative estimate of drug-likeness (QED) is 0.692. The van der Waals surface area contributed by atoms with E-state index in [-0.39, 0.29) is 0 Å². The molecular weight excluding hydrogens is 362 g/mol. The molecule has 1 fully saturated rings. The normalized spacial score (nSPS) is 16.4. The number of hydrogen-bond donors (Lipinski definition) is 0. The Kier molecular flexibility index (Phi) is 6.83. The number of ether oxygens (including phenoxy) is 1. The van der Waals surface area contributed by atoms with E-state index in [0.29, 0.717) is 13.1 Å². The van der Waals surface area contributed by atoms with Gasteiger partial charge in [0.25, 0.3) is 10.2 Å². The van der Waals surface area contributed by atoms with Gasteiger partial charge in [-0.15, -0.1) is 0 Å². The molecule has 1 aliphatic rings. The average molecular weight is 392 g/mol. The molecule has 0 aromatic heterocycles. The summed E-state index contributed by atoms with van der Waals surface area (Å²) in [5.41, 5.74) is 1.03. The molecule has 6 nitrogen and oxygen atoms in total. The molecule has 27 heavy (non-hydrogen) atoms. The SMILES string of the molecule is CN(C)S(=O)(=O)N(CCCN1CCOCC1)Cc1cccc2ccccc12. The van der Waals surface area contributed by atoms with E-state index in [9.17, 15) is 8.42 Å². The van der Waals surface area contributed by atoms with E-state index in [4.69, 9.17) is 4.74 Å². The largest absolute Gasteiger partial charge is 0.379 e. The highest BCUT2D eigenvalue weighted by Gasteiger charge is 2.25. The first-order valence-electron chi connectivity index (χ1n) is 9.43. The highest BCUT2D eigenvalue weighted by atomic mass is 32.2. The summed E-state index contributed by atoms with van der Waals surface area (Å²) in [5.74, 6) is 0. The summed E-state index contributed by atoms with van der Waals surface area (Å²) in [5, 5.41) is 2.23. The van der Waals surface area contributed by atoms with Gasteiger partial charge in [-0.1, -0.05) is 42.5 Å². The van der Waals surface area contributed by atoms with Gasteiger partial charge in [-0.25, -0.2) is 0 Å². The molecule has 2 aromatic rings. The molecule has 148 valence electrons. The van der Waals surface area contributed by atoms with Gasteiger partial charge in [0, 0.05) is 40.3 Å². The van der Waals surface area contributed by atoms with Crippen molar-refractivity contribution in [2.75, 3.05) is 53.5 Å². The molecule has 0 atom stereocenters. The molecule has 0 saturated carbocycles. The van der Waals surface area contributed by atoms with E-state index >= 15 is 0 Å². The van der Waals surface area contributed by atoms with Crippen LogP contribution in [0.1, 0.15) is 12.0 Å². The van der Waals surface area contributed by atoms with Crippen molar-refractivity contribution in [2.24, 2.45) is 0 Å². The van der Waals surface area contributed by atoms with Crippen molar-refractivity contribution < 1.29 is 13.2 Å². The Labute approximate surface area is 162 Å². The summed E-state index contributed by atoms with van der Waals surface area (Å²) < 4.78 is 34.0. The monoisotopic (exact) mass is 391 g/mol. The fourth-order valence-electron chi connectivity index (χ4n) is 3.42. The van der Waals surface area contributed by atoms with Gasteiger partial charge in [0.2, 0.25) is 0 Å². The third-order valence-electron chi connectivity index (χ3n) is 5.00. The molecule has 0 amide bonds. The first kappa shape index (κ1) is 20.2. The zero-order valence-electron chi connectivity index (χ0n) is 16.2. The molecule has 1 aliphatic heterocycles. The van der Waals surface area contributed by atoms with Crippen LogP contribution in [0.25, 0.3) is 10.8 Å². The predicted molar refractivity (Wildman–Crippen MR) is 109 cm³/mol. The van der Waals surface area contributed by atoms with E-state index in [1.54, 1.807) is 18.4 Å². The fourth-order valence-corrected chi connectivity index (χ4v) is 4.55. The van der Waals surface area contributed by atoms with Crippen molar-refractivity contribution in [1.82, 2.24) is 13.5 Å². The second kappa shape index (κ2) is 9.12. The molecule has 7 heteroatoms. The standard InChI is InChI=1S/C20H29N3O3S/c1-21(2)27(24,25)23(12-6-11-22-13-15-26-16-14-22)17-19-9-5-8-18-7-3-4-10-20(18)19/h3-5,7-10H,6,11-17H2,1-2H3. The van der Waals surface area contributed by atoms with Crippen molar-refractivity contribution >= 4 is 21.0 Å². The number of nitrogens with zero attached hydrogens (tertiary/aromatic N) is 3. The van der Waals surface area contributed by atoms with Gasteiger partial charge >= 0.3 is 0 Å². The van der Waals surface area contributed by atoms with Gasteiger partial charge in [0.1, 0.15) is 0 Å². The van der Waals surface area contributed by atoms with Gasteiger partial charge in [0.05, 0.1) is 13.2 Å². The lowest BCUT2D eigenvalue weighted by molar-refractivity contribution is 0.0368. The van der Waals surface area contributed by atoms with Gasteiger partial charge in [-0.05, 0) is 29.3 Å². The molecule has 0 unspecified atom stereocenters. The van der Waals surface area contributed by atoms with E-state index < -0.39 is 10.2 Å². The predicted octanol–water partition coefficient (Wildman–Crippen LogP) is 2.17. The molecule has 3 rings (SSSR count). The topological polar surface area (TPSA) is 53.1 Å². The van der Waals surface area contributed by atoms with Crippen LogP contribution in [0, 0.1) is 0 Å². The lowest BCUT2D eigenvalue weighted by Gasteiger charge is -2.29. The Bertz CT molecular complexity index is 843. The molecule has 0 aliphatic carbocycles. The number of hydrogen-bond acceptors (Lipinski definition) is 4. The smallest absolute Gasteiger partial charge is 0.281 e. The summed E-state index contributed by atoms with van der Waals surface area (Å²) in [6, 6.07) is 14.2. The van der Waals surface area contributed by atoms with Crippen LogP contribution < -0.4 is 0 Å². The zero-order valence-corrected chi connectivity index (χ0v) is 17.0. The minimum Gasteiger partial charge on any atom is -0.379 e. The van der Waals surface area contributed by atoms with E-state index in [1.807, 2.05) is 24.3 Å². The van der Waals surface area contributed by atoms with Crippen LogP contribution in [0.3, 0.4) is 0 Å². The molecule has 0 radical (unpaired) electrons. The van der Waals surface area contributed by atoms with Crippen molar-refractivity contribution in [3.05, 3.63) is 48.0 Å². The van der Waals surface area contributed by atoms with E-state index in [2.05, 4.69) is 23.1 Å². The van der Waals surface area contributed by atoms with Crippen LogP contribution in [-0.2, 0) is 21.5 Å². The summed E-state index contributed by atoms with van der Waals surface area (Å²) in [6.45, 7) is 5.13. The van der Waals surface area contributed by atoms with E-state index in [0.717, 1.165) is 55.6 Å². The molecule has 0 N–H and O–H groups in total. The van der Waals surface area contributed by atoms with Crippen LogP contribution in [0.15, 0.2) is 42.5 Å². The second-order valence-electron chi connectivity index (χ2n) is 7.07. The minimum atomic E-state index is -3.49. The van der Waals surface area contributed by atoms with Crippen LogP contribution in [0.5, 0.6) is 0 Å². The highest BCUT2D eigenvalue weighted by Crippen LogP contribution is 2.22. The van der Waals surface area contributed by atoms with Gasteiger partial charge < -0.3 is 4.74 Å². The van der Waals surface area contributed by atoms with Crippen molar-refractivity contribution in [2.45, 2.75) is 13.0 Å². The second-order valence-corrected chi connectivity index (χ2v) is 9.21. The molecule has 2 aromatic carbocycles. The molecule has 1 heterocycles. The van der Waals surface area contributed by atoms with E-state index in [1.165, 1.54) is 4.31 Å². The Balaban J connectivity index is 1.75. The summed E-state index contributed by atoms with van der Waals surface area (Å²) in [4.78, 5) is 2.34. The third kappa shape index (κ3) is 5.06. The fraction of sp³-hybridized carbons (Fsp3) is 0.500. The van der Waals surface area contributed by atoms with Crippen molar-refractivity contribution in [3.8, 4) is 0 Å². The first-order valence-corrected chi connectivity index (χ1v) is 10.8. The lowest BCUT2D eigenvalue weighted by atomic mass is 10.0. The highest BCUT2D eigenvalue weighted by molar-refractivity contribution is 7.86. The summed E-state index contributed by atoms with van der Waals surface area (Å²) in [6.07, 6.45) is 0.803. The van der Waals surface area contributed by atoms with Gasteiger partial charge in [-0.3, -0.25) is 4.90 Å². The first-order chi connectivity index (χ1) is 13.0. The Morgan fingerprint density at radius 3 is 2.48 bits per heavy atom. The van der Waals surface area contributed by atoms with Crippen LogP contribution in [-0.4, -0.2) is 75.4 Å². The number of rotatable bonds is 8. The number of fused-ring (bicyclic) bond motifs is 1. The minimum absolute atomic E-state index is 0.380. The maximum Gasteiger partial charge on any atom is 0.281 e. The third-order valence-corrected chi connectivity index (χ3v) is 6.89. The summed E-state index contributed by atoms with van der Waals surface area (Å²) >= 11 is 0. The van der Waals surface area contributed by atoms with Crippen molar-refractivity contribution in [3.63, 3.8) is 0 Å². The Hall–Kier alpha value is -1.51. The molecule has 1 saturated heterocycles.